The van der Waals surface area contributed by atoms with Crippen LogP contribution < -0.4 is 0 Å². The number of rotatable bonds is 0. The van der Waals surface area contributed by atoms with Gasteiger partial charge in [0, 0.05) is 0 Å². The number of hydrogen-bond acceptors (Lipinski definition) is 3. The van der Waals surface area contributed by atoms with Gasteiger partial charge in [-0.3, -0.25) is 4.79 Å². The molecule has 0 radical (unpaired) electrons. The van der Waals surface area contributed by atoms with Crippen LogP contribution >= 0.6 is 0 Å². The number of ether oxygens (including phenoxy) is 2. The molecule has 0 amide bonds. The zero-order valence-electron chi connectivity index (χ0n) is 7.12. The van der Waals surface area contributed by atoms with Crippen molar-refractivity contribution in [3.8, 4) is 0 Å². The van der Waals surface area contributed by atoms with E-state index < -0.39 is 0 Å². The molecule has 0 bridgehead atoms. The molecule has 2 aliphatic rings. The lowest BCUT2D eigenvalue weighted by atomic mass is 9.95. The molecule has 12 heavy (non-hydrogen) atoms. The quantitative estimate of drug-likeness (QED) is 0.513. The highest BCUT2D eigenvalue weighted by Crippen LogP contribution is 2.26. The van der Waals surface area contributed by atoms with Crippen molar-refractivity contribution in [3.05, 3.63) is 0 Å². The van der Waals surface area contributed by atoms with Crippen LogP contribution in [0.2, 0.25) is 0 Å². The summed E-state index contributed by atoms with van der Waals surface area (Å²) >= 11 is 0. The van der Waals surface area contributed by atoms with Crippen molar-refractivity contribution >= 4 is 5.97 Å². The average molecular weight is 170 g/mol. The zero-order valence-corrected chi connectivity index (χ0v) is 7.12. The predicted molar refractivity (Wildman–Crippen MR) is 42.7 cm³/mol. The van der Waals surface area contributed by atoms with Crippen molar-refractivity contribution in [3.63, 3.8) is 0 Å². The lowest BCUT2D eigenvalue weighted by Gasteiger charge is -2.28. The highest BCUT2D eigenvalue weighted by molar-refractivity contribution is 5.69. The van der Waals surface area contributed by atoms with E-state index in [-0.39, 0.29) is 18.2 Å². The maximum absolute atomic E-state index is 11.0. The smallest absolute Gasteiger partial charge is 0.308 e. The van der Waals surface area contributed by atoms with E-state index in [0.717, 1.165) is 19.3 Å². The van der Waals surface area contributed by atoms with E-state index in [1.54, 1.807) is 0 Å². The summed E-state index contributed by atoms with van der Waals surface area (Å²) in [4.78, 5) is 11.0. The molecule has 1 saturated heterocycles. The topological polar surface area (TPSA) is 35.5 Å². The van der Waals surface area contributed by atoms with Gasteiger partial charge >= 0.3 is 5.97 Å². The summed E-state index contributed by atoms with van der Waals surface area (Å²) in [5.74, 6) is -0.0931. The normalized spacial score (nSPS) is 36.5. The summed E-state index contributed by atoms with van der Waals surface area (Å²) in [6.07, 6.45) is 5.07. The molecule has 3 heteroatoms. The van der Waals surface area contributed by atoms with E-state index in [2.05, 4.69) is 0 Å². The molecule has 1 aliphatic heterocycles. The zero-order chi connectivity index (χ0) is 8.39. The van der Waals surface area contributed by atoms with Crippen LogP contribution in [0.5, 0.6) is 0 Å². The van der Waals surface area contributed by atoms with Gasteiger partial charge in [-0.15, -0.1) is 0 Å². The molecule has 0 aromatic heterocycles. The van der Waals surface area contributed by atoms with Gasteiger partial charge in [-0.1, -0.05) is 6.42 Å². The van der Waals surface area contributed by atoms with Gasteiger partial charge in [-0.05, 0) is 19.3 Å². The highest BCUT2D eigenvalue weighted by atomic mass is 16.6. The first-order valence-electron chi connectivity index (χ1n) is 4.67. The number of esters is 1. The van der Waals surface area contributed by atoms with E-state index in [9.17, 15) is 4.79 Å². The molecule has 0 N–H and O–H groups in total. The maximum atomic E-state index is 11.0. The van der Waals surface area contributed by atoms with Crippen LogP contribution in [-0.2, 0) is 14.3 Å². The summed E-state index contributed by atoms with van der Waals surface area (Å²) in [6.45, 7) is 0.542. The largest absolute Gasteiger partial charge is 0.460 e. The van der Waals surface area contributed by atoms with Gasteiger partial charge in [0.1, 0.15) is 6.10 Å². The molecule has 0 spiro atoms. The van der Waals surface area contributed by atoms with Gasteiger partial charge in [0.05, 0.1) is 19.1 Å². The molecular weight excluding hydrogens is 156 g/mol. The third-order valence-corrected chi connectivity index (χ3v) is 2.56. The molecule has 1 heterocycles. The molecule has 0 aromatic rings. The minimum Gasteiger partial charge on any atom is -0.460 e. The van der Waals surface area contributed by atoms with Crippen molar-refractivity contribution in [1.29, 1.82) is 0 Å². The average Bonchev–Trinajstić information content (AvgIpc) is 2.25. The Hall–Kier alpha value is -0.570. The Balaban J connectivity index is 2.01. The molecule has 2 fully saturated rings. The molecule has 2 rings (SSSR count). The summed E-state index contributed by atoms with van der Waals surface area (Å²) in [5.41, 5.74) is 0. The first kappa shape index (κ1) is 8.05. The number of hydrogen-bond donors (Lipinski definition) is 0. The van der Waals surface area contributed by atoms with Crippen LogP contribution in [0.25, 0.3) is 0 Å². The van der Waals surface area contributed by atoms with E-state index in [4.69, 9.17) is 9.47 Å². The maximum Gasteiger partial charge on any atom is 0.308 e. The van der Waals surface area contributed by atoms with E-state index in [1.807, 2.05) is 0 Å². The SMILES string of the molecule is O=C1CCOC2CCCCC2O1. The van der Waals surface area contributed by atoms with Crippen LogP contribution in [0.15, 0.2) is 0 Å². The second kappa shape index (κ2) is 3.44. The minimum absolute atomic E-state index is 0.0498. The highest BCUT2D eigenvalue weighted by Gasteiger charge is 2.31. The molecule has 1 saturated carbocycles. The molecule has 2 atom stereocenters. The molecule has 2 unspecified atom stereocenters. The lowest BCUT2D eigenvalue weighted by molar-refractivity contribution is -0.151. The van der Waals surface area contributed by atoms with Crippen LogP contribution in [0.1, 0.15) is 32.1 Å². The van der Waals surface area contributed by atoms with E-state index in [0.29, 0.717) is 13.0 Å². The van der Waals surface area contributed by atoms with Crippen molar-refractivity contribution in [1.82, 2.24) is 0 Å². The Morgan fingerprint density at radius 3 is 2.75 bits per heavy atom. The van der Waals surface area contributed by atoms with Crippen LogP contribution in [-0.4, -0.2) is 24.8 Å². The number of fused-ring (bicyclic) bond motifs is 1. The summed E-state index contributed by atoms with van der Waals surface area (Å²) < 4.78 is 10.8. The van der Waals surface area contributed by atoms with Gasteiger partial charge in [0.2, 0.25) is 0 Å². The van der Waals surface area contributed by atoms with Gasteiger partial charge in [-0.2, -0.15) is 0 Å². The Bertz CT molecular complexity index is 179. The van der Waals surface area contributed by atoms with E-state index >= 15 is 0 Å². The standard InChI is InChI=1S/C9H14O3/c10-9-5-6-11-7-3-1-2-4-8(7)12-9/h7-8H,1-6H2. The molecular formula is C9H14O3. The fourth-order valence-electron chi connectivity index (χ4n) is 1.91. The van der Waals surface area contributed by atoms with Crippen LogP contribution in [0, 0.1) is 0 Å². The van der Waals surface area contributed by atoms with Gasteiger partial charge < -0.3 is 9.47 Å². The third kappa shape index (κ3) is 1.61. The first-order chi connectivity index (χ1) is 5.86. The number of carbonyl (C=O) groups is 1. The monoisotopic (exact) mass is 170 g/mol. The van der Waals surface area contributed by atoms with Crippen molar-refractivity contribution < 1.29 is 14.3 Å². The van der Waals surface area contributed by atoms with Crippen LogP contribution in [0.3, 0.4) is 0 Å². The van der Waals surface area contributed by atoms with Crippen molar-refractivity contribution in [2.75, 3.05) is 6.61 Å². The summed E-state index contributed by atoms with van der Waals surface area (Å²) in [5, 5.41) is 0. The summed E-state index contributed by atoms with van der Waals surface area (Å²) in [7, 11) is 0. The van der Waals surface area contributed by atoms with Gasteiger partial charge in [-0.25, -0.2) is 0 Å². The van der Waals surface area contributed by atoms with Crippen LogP contribution in [0.4, 0.5) is 0 Å². The fraction of sp³-hybridized carbons (Fsp3) is 0.889. The molecule has 1 aliphatic carbocycles. The third-order valence-electron chi connectivity index (χ3n) is 2.56. The van der Waals surface area contributed by atoms with E-state index in [1.165, 1.54) is 6.42 Å². The predicted octanol–water partition coefficient (Wildman–Crippen LogP) is 1.26. The summed E-state index contributed by atoms with van der Waals surface area (Å²) in [6, 6.07) is 0. The Morgan fingerprint density at radius 2 is 1.92 bits per heavy atom. The minimum atomic E-state index is -0.0931. The fourth-order valence-corrected chi connectivity index (χ4v) is 1.91. The Kier molecular flexibility index (Phi) is 2.30. The second-order valence-electron chi connectivity index (χ2n) is 3.47. The van der Waals surface area contributed by atoms with Crippen molar-refractivity contribution in [2.24, 2.45) is 0 Å². The second-order valence-corrected chi connectivity index (χ2v) is 3.47. The molecule has 3 nitrogen and oxygen atoms in total. The first-order valence-corrected chi connectivity index (χ1v) is 4.67. The number of carbonyl (C=O) groups excluding carboxylic acids is 1. The Labute approximate surface area is 72.0 Å². The Morgan fingerprint density at radius 1 is 1.17 bits per heavy atom. The van der Waals surface area contributed by atoms with Crippen molar-refractivity contribution in [2.45, 2.75) is 44.3 Å². The molecule has 0 aromatic carbocycles. The molecule has 68 valence electrons. The van der Waals surface area contributed by atoms with Gasteiger partial charge in [0.25, 0.3) is 0 Å². The van der Waals surface area contributed by atoms with Gasteiger partial charge in [0.15, 0.2) is 0 Å². The lowest BCUT2D eigenvalue weighted by Crippen LogP contribution is -2.33.